The van der Waals surface area contributed by atoms with Crippen molar-refractivity contribution in [3.63, 3.8) is 0 Å². The Morgan fingerprint density at radius 2 is 0.823 bits per heavy atom. The first kappa shape index (κ1) is 36.2. The van der Waals surface area contributed by atoms with Crippen LogP contribution in [-0.2, 0) is 0 Å². The minimum atomic E-state index is -1.77. The quantitative estimate of drug-likeness (QED) is 0.155. The molecule has 0 N–H and O–H groups in total. The van der Waals surface area contributed by atoms with Gasteiger partial charge in [0.2, 0.25) is 0 Å². The first-order valence-corrected chi connectivity index (χ1v) is 23.0. The molecule has 0 aromatic heterocycles. The van der Waals surface area contributed by atoms with Gasteiger partial charge in [-0.05, 0) is 133 Å². The summed E-state index contributed by atoms with van der Waals surface area (Å²) in [7, 11) is -1.77. The Hall–Kier alpha value is -7.65. The fourth-order valence-corrected chi connectivity index (χ4v) is 14.1. The van der Waals surface area contributed by atoms with E-state index in [0.29, 0.717) is 0 Å². The molecule has 1 heterocycles. The molecule has 0 fully saturated rings. The van der Waals surface area contributed by atoms with Crippen molar-refractivity contribution < 1.29 is 0 Å². The van der Waals surface area contributed by atoms with Crippen molar-refractivity contribution in [1.29, 1.82) is 0 Å². The maximum Gasteiger partial charge on any atom is 0.0540 e. The number of nitrogens with zero attached hydrogens (tertiary/aromatic N) is 1. The predicted octanol–water partition coefficient (Wildman–Crippen LogP) is 17.3. The third-order valence-corrected chi connectivity index (χ3v) is 16.6. The van der Waals surface area contributed by atoms with Crippen molar-refractivity contribution in [2.75, 3.05) is 4.90 Å². The Balaban J connectivity index is 1.07. The SMILES string of the molecule is c1ccc(-c2cccc3cccc(-c4ccc(N(c5ccc6ccccc6c5)c5cccc6cc7c(cc56)-c5ccccc5S7(c5ccccc5)c5ccccc5)cc4)c23)cc1. The summed E-state index contributed by atoms with van der Waals surface area (Å²) in [4.78, 5) is 7.96. The number of hydrogen-bond donors (Lipinski definition) is 0. The van der Waals surface area contributed by atoms with E-state index in [2.05, 4.69) is 254 Å². The van der Waals surface area contributed by atoms with Gasteiger partial charge >= 0.3 is 0 Å². The summed E-state index contributed by atoms with van der Waals surface area (Å²) < 4.78 is 0. The molecule has 12 rings (SSSR count). The Morgan fingerprint density at radius 1 is 0.290 bits per heavy atom. The molecule has 0 unspecified atom stereocenters. The van der Waals surface area contributed by atoms with E-state index in [1.54, 1.807) is 0 Å². The van der Waals surface area contributed by atoms with Gasteiger partial charge in [-0.2, -0.15) is 0 Å². The predicted molar refractivity (Wildman–Crippen MR) is 263 cm³/mol. The minimum absolute atomic E-state index is 1.11. The van der Waals surface area contributed by atoms with E-state index >= 15 is 0 Å². The second-order valence-electron chi connectivity index (χ2n) is 16.1. The molecule has 0 aliphatic carbocycles. The average Bonchev–Trinajstić information content (AvgIpc) is 3.64. The second kappa shape index (κ2) is 14.8. The number of anilines is 3. The summed E-state index contributed by atoms with van der Waals surface area (Å²) >= 11 is 0. The van der Waals surface area contributed by atoms with Crippen molar-refractivity contribution in [2.24, 2.45) is 0 Å². The van der Waals surface area contributed by atoms with Crippen molar-refractivity contribution in [3.8, 4) is 33.4 Å². The van der Waals surface area contributed by atoms with E-state index in [-0.39, 0.29) is 0 Å². The van der Waals surface area contributed by atoms with Gasteiger partial charge in [0.05, 0.1) is 5.69 Å². The fraction of sp³-hybridized carbons (Fsp3) is 0. The van der Waals surface area contributed by atoms with Crippen LogP contribution in [0.3, 0.4) is 0 Å². The third-order valence-electron chi connectivity index (χ3n) is 12.6. The standard InChI is InChI=1S/C60H41NS/c1-4-18-43(19-5-1)52-29-14-21-45-22-15-30-53(60(45)52)44-34-36-48(37-35-44)61(49-38-33-42-17-10-11-20-46(42)39-49)57-31-16-23-47-40-59-56(41-55(47)57)54-28-12-13-32-58(54)62(59,50-24-6-2-7-25-50)51-26-8-3-9-27-51/h1-41H. The molecule has 0 radical (unpaired) electrons. The normalized spacial score (nSPS) is 13.2. The molecule has 0 atom stereocenters. The summed E-state index contributed by atoms with van der Waals surface area (Å²) in [6.07, 6.45) is 0. The molecular formula is C60H41NS. The maximum absolute atomic E-state index is 2.51. The molecule has 292 valence electrons. The lowest BCUT2D eigenvalue weighted by atomic mass is 9.91. The Morgan fingerprint density at radius 3 is 1.53 bits per heavy atom. The van der Waals surface area contributed by atoms with Crippen LogP contribution in [0.2, 0.25) is 0 Å². The first-order valence-electron chi connectivity index (χ1n) is 21.3. The molecule has 2 heteroatoms. The van der Waals surface area contributed by atoms with Crippen molar-refractivity contribution in [1.82, 2.24) is 0 Å². The van der Waals surface area contributed by atoms with E-state index < -0.39 is 10.0 Å². The third kappa shape index (κ3) is 5.72. The fourth-order valence-electron chi connectivity index (χ4n) is 9.89. The van der Waals surface area contributed by atoms with Crippen molar-refractivity contribution >= 4 is 59.4 Å². The van der Waals surface area contributed by atoms with Gasteiger partial charge in [0.25, 0.3) is 0 Å². The highest BCUT2D eigenvalue weighted by molar-refractivity contribution is 8.34. The average molecular weight is 808 g/mol. The molecule has 1 nitrogen and oxygen atoms in total. The van der Waals surface area contributed by atoms with Crippen LogP contribution in [-0.4, -0.2) is 0 Å². The molecule has 0 amide bonds. The van der Waals surface area contributed by atoms with Gasteiger partial charge in [-0.15, -0.1) is 10.0 Å². The van der Waals surface area contributed by atoms with Gasteiger partial charge in [-0.25, -0.2) is 0 Å². The maximum atomic E-state index is 2.51. The van der Waals surface area contributed by atoms with Gasteiger partial charge in [0.15, 0.2) is 0 Å². The molecule has 1 aliphatic rings. The number of rotatable bonds is 7. The highest BCUT2D eigenvalue weighted by Gasteiger charge is 2.42. The highest BCUT2D eigenvalue weighted by Crippen LogP contribution is 2.80. The smallest absolute Gasteiger partial charge is 0.0540 e. The van der Waals surface area contributed by atoms with E-state index in [4.69, 9.17) is 0 Å². The molecule has 0 saturated carbocycles. The lowest BCUT2D eigenvalue weighted by Crippen LogP contribution is -2.10. The van der Waals surface area contributed by atoms with Crippen LogP contribution in [0.1, 0.15) is 0 Å². The molecule has 0 saturated heterocycles. The van der Waals surface area contributed by atoms with Crippen LogP contribution in [0.4, 0.5) is 17.1 Å². The molecule has 62 heavy (non-hydrogen) atoms. The highest BCUT2D eigenvalue weighted by atomic mass is 32.3. The summed E-state index contributed by atoms with van der Waals surface area (Å²) in [6, 6.07) is 92.1. The van der Waals surface area contributed by atoms with Crippen molar-refractivity contribution in [2.45, 2.75) is 19.6 Å². The van der Waals surface area contributed by atoms with Gasteiger partial charge in [-0.1, -0.05) is 176 Å². The van der Waals surface area contributed by atoms with E-state index in [1.165, 1.54) is 85.3 Å². The van der Waals surface area contributed by atoms with Crippen LogP contribution in [0, 0.1) is 0 Å². The Bertz CT molecular complexity index is 3410. The number of fused-ring (bicyclic) bond motifs is 6. The number of hydrogen-bond acceptors (Lipinski definition) is 1. The lowest BCUT2D eigenvalue weighted by molar-refractivity contribution is 1.29. The lowest BCUT2D eigenvalue weighted by Gasteiger charge is -2.39. The van der Waals surface area contributed by atoms with Crippen LogP contribution < -0.4 is 4.90 Å². The van der Waals surface area contributed by atoms with Gasteiger partial charge in [-0.3, -0.25) is 0 Å². The zero-order valence-corrected chi connectivity index (χ0v) is 34.8. The monoisotopic (exact) mass is 807 g/mol. The molecule has 0 spiro atoms. The van der Waals surface area contributed by atoms with Gasteiger partial charge in [0.1, 0.15) is 0 Å². The second-order valence-corrected chi connectivity index (χ2v) is 19.1. The Kier molecular flexibility index (Phi) is 8.65. The zero-order chi connectivity index (χ0) is 41.0. The van der Waals surface area contributed by atoms with Crippen LogP contribution in [0.5, 0.6) is 0 Å². The van der Waals surface area contributed by atoms with Gasteiger partial charge < -0.3 is 4.90 Å². The zero-order valence-electron chi connectivity index (χ0n) is 34.0. The largest absolute Gasteiger partial charge is 0.310 e. The van der Waals surface area contributed by atoms with Crippen LogP contribution in [0.25, 0.3) is 65.7 Å². The summed E-state index contributed by atoms with van der Waals surface area (Å²) in [5, 5.41) is 7.39. The summed E-state index contributed by atoms with van der Waals surface area (Å²) in [6.45, 7) is 0. The first-order chi connectivity index (χ1) is 30.8. The Labute approximate surface area is 364 Å². The topological polar surface area (TPSA) is 3.24 Å². The number of benzene rings is 11. The molecule has 1 aliphatic heterocycles. The minimum Gasteiger partial charge on any atom is -0.310 e. The van der Waals surface area contributed by atoms with Crippen molar-refractivity contribution in [3.05, 3.63) is 249 Å². The summed E-state index contributed by atoms with van der Waals surface area (Å²) in [5.41, 5.74) is 10.9. The molecule has 11 aromatic rings. The van der Waals surface area contributed by atoms with Crippen LogP contribution >= 0.6 is 10.0 Å². The molecule has 0 bridgehead atoms. The molecule has 11 aromatic carbocycles. The molecular weight excluding hydrogens is 767 g/mol. The summed E-state index contributed by atoms with van der Waals surface area (Å²) in [5.74, 6) is 0. The van der Waals surface area contributed by atoms with Gasteiger partial charge in [0, 0.05) is 36.3 Å². The van der Waals surface area contributed by atoms with E-state index in [1.807, 2.05) is 0 Å². The van der Waals surface area contributed by atoms with E-state index in [9.17, 15) is 0 Å². The van der Waals surface area contributed by atoms with Crippen LogP contribution in [0.15, 0.2) is 268 Å². The van der Waals surface area contributed by atoms with E-state index in [0.717, 1.165) is 17.1 Å².